The highest BCUT2D eigenvalue weighted by Gasteiger charge is 2.24. The monoisotopic (exact) mass is 464 g/mol. The Labute approximate surface area is 187 Å². The smallest absolute Gasteiger partial charge is 0.206 e. The third-order valence-electron chi connectivity index (χ3n) is 5.06. The molecule has 0 radical (unpaired) electrons. The normalized spacial score (nSPS) is 11.3. The van der Waals surface area contributed by atoms with Crippen LogP contribution in [0, 0.1) is 35.1 Å². The summed E-state index contributed by atoms with van der Waals surface area (Å²) in [4.78, 5) is 0. The molecular formula is C26H19F7. The van der Waals surface area contributed by atoms with E-state index in [-0.39, 0.29) is 5.56 Å². The van der Waals surface area contributed by atoms with Crippen molar-refractivity contribution in [1.82, 2.24) is 0 Å². The molecule has 0 fully saturated rings. The molecule has 0 aliphatic heterocycles. The van der Waals surface area contributed by atoms with E-state index in [0.29, 0.717) is 17.7 Å². The van der Waals surface area contributed by atoms with Crippen LogP contribution in [-0.2, 0) is 6.42 Å². The summed E-state index contributed by atoms with van der Waals surface area (Å²) >= 11 is 0. The summed E-state index contributed by atoms with van der Waals surface area (Å²) in [5, 5.41) is 0. The molecule has 172 valence electrons. The molecule has 0 saturated carbocycles. The molecular weight excluding hydrogens is 445 g/mol. The van der Waals surface area contributed by atoms with Crippen LogP contribution >= 0.6 is 0 Å². The second kappa shape index (κ2) is 10.1. The van der Waals surface area contributed by atoms with Crippen molar-refractivity contribution in [2.24, 2.45) is 0 Å². The quantitative estimate of drug-likeness (QED) is 0.196. The first-order valence-electron chi connectivity index (χ1n) is 10.3. The number of benzene rings is 3. The highest BCUT2D eigenvalue weighted by molar-refractivity contribution is 5.72. The van der Waals surface area contributed by atoms with E-state index in [1.54, 1.807) is 12.1 Å². The molecule has 0 saturated heterocycles. The van der Waals surface area contributed by atoms with Gasteiger partial charge in [-0.1, -0.05) is 50.0 Å². The summed E-state index contributed by atoms with van der Waals surface area (Å²) in [6, 6.07) is 10.4. The minimum absolute atomic E-state index is 0.238. The summed E-state index contributed by atoms with van der Waals surface area (Å²) < 4.78 is 94.5. The third-order valence-corrected chi connectivity index (χ3v) is 5.06. The Morgan fingerprint density at radius 3 is 1.76 bits per heavy atom. The van der Waals surface area contributed by atoms with Crippen molar-refractivity contribution in [3.8, 4) is 34.1 Å². The van der Waals surface area contributed by atoms with Crippen molar-refractivity contribution in [3.63, 3.8) is 0 Å². The highest BCUT2D eigenvalue weighted by atomic mass is 19.4. The zero-order valence-corrected chi connectivity index (χ0v) is 17.6. The molecule has 3 aromatic carbocycles. The van der Waals surface area contributed by atoms with E-state index in [2.05, 4.69) is 6.92 Å². The van der Waals surface area contributed by atoms with Gasteiger partial charge in [-0.05, 0) is 59.4 Å². The van der Waals surface area contributed by atoms with Crippen LogP contribution < -0.4 is 0 Å². The summed E-state index contributed by atoms with van der Waals surface area (Å²) in [6.45, 7) is 2.11. The van der Waals surface area contributed by atoms with Gasteiger partial charge in [0.05, 0.1) is 11.1 Å². The van der Waals surface area contributed by atoms with E-state index >= 15 is 0 Å². The third kappa shape index (κ3) is 6.16. The van der Waals surface area contributed by atoms with E-state index in [4.69, 9.17) is 0 Å². The molecule has 0 atom stereocenters. The maximum atomic E-state index is 14.8. The predicted octanol–water partition coefficient (Wildman–Crippen LogP) is 8.22. The topological polar surface area (TPSA) is 0 Å². The lowest BCUT2D eigenvalue weighted by Crippen LogP contribution is -2.03. The van der Waals surface area contributed by atoms with E-state index in [1.807, 2.05) is 12.1 Å². The molecule has 0 bridgehead atoms. The molecule has 0 heterocycles. The Morgan fingerprint density at radius 2 is 1.24 bits per heavy atom. The summed E-state index contributed by atoms with van der Waals surface area (Å²) in [7, 11) is 0. The SMILES string of the molecule is CCCCCc1ccc(-c2cc(F)c(-c3cc(F)c(C#CC(F)(F)F)c(F)c3)c(F)c2)cc1. The lowest BCUT2D eigenvalue weighted by atomic mass is 9.96. The van der Waals surface area contributed by atoms with E-state index < -0.39 is 46.1 Å². The average molecular weight is 464 g/mol. The van der Waals surface area contributed by atoms with Gasteiger partial charge in [-0.15, -0.1) is 0 Å². The molecule has 0 aliphatic carbocycles. The Morgan fingerprint density at radius 1 is 0.697 bits per heavy atom. The molecule has 0 aromatic heterocycles. The lowest BCUT2D eigenvalue weighted by molar-refractivity contribution is -0.0696. The van der Waals surface area contributed by atoms with Crippen molar-refractivity contribution in [1.29, 1.82) is 0 Å². The number of rotatable bonds is 6. The first kappa shape index (κ1) is 24.4. The van der Waals surface area contributed by atoms with Gasteiger partial charge in [0.25, 0.3) is 0 Å². The highest BCUT2D eigenvalue weighted by Crippen LogP contribution is 2.33. The van der Waals surface area contributed by atoms with Crippen molar-refractivity contribution >= 4 is 0 Å². The second-order valence-electron chi connectivity index (χ2n) is 7.53. The number of aryl methyl sites for hydroxylation is 1. The van der Waals surface area contributed by atoms with E-state index in [9.17, 15) is 30.7 Å². The number of unbranched alkanes of at least 4 members (excludes halogenated alkanes) is 2. The van der Waals surface area contributed by atoms with Crippen LogP contribution in [0.25, 0.3) is 22.3 Å². The van der Waals surface area contributed by atoms with Crippen LogP contribution in [0.3, 0.4) is 0 Å². The fourth-order valence-corrected chi connectivity index (χ4v) is 3.43. The van der Waals surface area contributed by atoms with Crippen LogP contribution in [0.5, 0.6) is 0 Å². The molecule has 0 spiro atoms. The van der Waals surface area contributed by atoms with Gasteiger partial charge in [-0.2, -0.15) is 13.2 Å². The van der Waals surface area contributed by atoms with Gasteiger partial charge in [0.15, 0.2) is 0 Å². The zero-order chi connectivity index (χ0) is 24.2. The maximum absolute atomic E-state index is 14.8. The number of halogens is 7. The number of alkyl halides is 3. The first-order valence-corrected chi connectivity index (χ1v) is 10.3. The molecule has 0 amide bonds. The lowest BCUT2D eigenvalue weighted by Gasteiger charge is -2.11. The Bertz CT molecular complexity index is 1150. The van der Waals surface area contributed by atoms with Gasteiger partial charge in [-0.3, -0.25) is 0 Å². The van der Waals surface area contributed by atoms with Gasteiger partial charge < -0.3 is 0 Å². The Kier molecular flexibility index (Phi) is 7.47. The summed E-state index contributed by atoms with van der Waals surface area (Å²) in [6.07, 6.45) is -0.797. The van der Waals surface area contributed by atoms with Crippen molar-refractivity contribution in [2.45, 2.75) is 38.8 Å². The Balaban J connectivity index is 1.93. The van der Waals surface area contributed by atoms with Crippen molar-refractivity contribution < 1.29 is 30.7 Å². The fourth-order valence-electron chi connectivity index (χ4n) is 3.43. The fraction of sp³-hybridized carbons (Fsp3) is 0.231. The number of hydrogen-bond acceptors (Lipinski definition) is 0. The van der Waals surface area contributed by atoms with Gasteiger partial charge in [0.1, 0.15) is 23.3 Å². The molecule has 3 rings (SSSR count). The molecule has 0 unspecified atom stereocenters. The minimum atomic E-state index is -4.95. The van der Waals surface area contributed by atoms with E-state index in [0.717, 1.165) is 49.3 Å². The van der Waals surface area contributed by atoms with E-state index in [1.165, 1.54) is 5.92 Å². The molecule has 7 heteroatoms. The van der Waals surface area contributed by atoms with Crippen molar-refractivity contribution in [3.05, 3.63) is 82.9 Å². The Hall–Kier alpha value is -3.27. The van der Waals surface area contributed by atoms with Crippen LogP contribution in [0.2, 0.25) is 0 Å². The predicted molar refractivity (Wildman–Crippen MR) is 113 cm³/mol. The van der Waals surface area contributed by atoms with Crippen LogP contribution in [0.15, 0.2) is 48.5 Å². The van der Waals surface area contributed by atoms with Gasteiger partial charge in [0, 0.05) is 5.92 Å². The number of hydrogen-bond donors (Lipinski definition) is 0. The molecule has 0 N–H and O–H groups in total. The van der Waals surface area contributed by atoms with Gasteiger partial charge >= 0.3 is 6.18 Å². The standard InChI is InChI=1S/C26H19F7/c1-2-3-4-5-16-6-8-17(9-7-16)18-12-23(29)25(24(30)13-18)19-14-21(27)20(22(28)15-19)10-11-26(31,32)33/h6-9,12-15H,2-5H2,1H3. The molecule has 0 aliphatic rings. The largest absolute Gasteiger partial charge is 0.458 e. The summed E-state index contributed by atoms with van der Waals surface area (Å²) in [5.74, 6) is -2.91. The first-order chi connectivity index (χ1) is 15.6. The van der Waals surface area contributed by atoms with Crippen LogP contribution in [0.1, 0.15) is 37.3 Å². The average Bonchev–Trinajstić information content (AvgIpc) is 2.72. The summed E-state index contributed by atoms with van der Waals surface area (Å²) in [5.41, 5.74) is -0.411. The molecule has 3 aromatic rings. The van der Waals surface area contributed by atoms with Crippen LogP contribution in [0.4, 0.5) is 30.7 Å². The van der Waals surface area contributed by atoms with Gasteiger partial charge in [-0.25, -0.2) is 17.6 Å². The molecule has 0 nitrogen and oxygen atoms in total. The zero-order valence-electron chi connectivity index (χ0n) is 17.6. The minimum Gasteiger partial charge on any atom is -0.206 e. The molecule has 33 heavy (non-hydrogen) atoms. The maximum Gasteiger partial charge on any atom is 0.458 e. The van der Waals surface area contributed by atoms with Crippen molar-refractivity contribution in [2.75, 3.05) is 0 Å². The van der Waals surface area contributed by atoms with Crippen LogP contribution in [-0.4, -0.2) is 6.18 Å². The van der Waals surface area contributed by atoms with Gasteiger partial charge in [0.2, 0.25) is 0 Å². The second-order valence-corrected chi connectivity index (χ2v) is 7.53.